The molecule has 0 bridgehead atoms. The summed E-state index contributed by atoms with van der Waals surface area (Å²) < 4.78 is 4.94. The molecule has 1 saturated heterocycles. The van der Waals surface area contributed by atoms with Crippen molar-refractivity contribution in [3.05, 3.63) is 30.3 Å². The fraction of sp³-hybridized carbons (Fsp3) is 0.400. The van der Waals surface area contributed by atoms with Gasteiger partial charge < -0.3 is 4.74 Å². The van der Waals surface area contributed by atoms with Gasteiger partial charge in [-0.1, -0.05) is 30.3 Å². The molecule has 1 fully saturated rings. The van der Waals surface area contributed by atoms with Crippen LogP contribution in [0.3, 0.4) is 0 Å². The van der Waals surface area contributed by atoms with Crippen molar-refractivity contribution in [1.29, 1.82) is 0 Å². The zero-order valence-corrected chi connectivity index (χ0v) is 8.36. The molecule has 1 unspecified atom stereocenters. The summed E-state index contributed by atoms with van der Waals surface area (Å²) in [5.41, 5.74) is 0. The van der Waals surface area contributed by atoms with Gasteiger partial charge in [0.1, 0.15) is 0 Å². The van der Waals surface area contributed by atoms with E-state index in [1.807, 2.05) is 30.3 Å². The number of benzene rings is 1. The second-order valence-corrected chi connectivity index (χ2v) is 3.40. The second kappa shape index (κ2) is 6.16. The minimum atomic E-state index is 1.00. The summed E-state index contributed by atoms with van der Waals surface area (Å²) in [5, 5.41) is 1.24. The molecule has 1 aromatic rings. The summed E-state index contributed by atoms with van der Waals surface area (Å²) in [6.07, 6.45) is 2.56. The molecular weight excluding hydrogens is 167 g/mol. The lowest BCUT2D eigenvalue weighted by Crippen LogP contribution is -1.82. The summed E-state index contributed by atoms with van der Waals surface area (Å²) in [5.74, 6) is 0. The van der Waals surface area contributed by atoms with Gasteiger partial charge in [0.15, 0.2) is 0 Å². The highest BCUT2D eigenvalue weighted by molar-refractivity contribution is 7.27. The van der Waals surface area contributed by atoms with Crippen LogP contribution in [-0.4, -0.2) is 13.2 Å². The zero-order chi connectivity index (χ0) is 8.65. The van der Waals surface area contributed by atoms with Gasteiger partial charge in [0, 0.05) is 13.2 Å². The summed E-state index contributed by atoms with van der Waals surface area (Å²) in [7, 11) is 2.63. The summed E-state index contributed by atoms with van der Waals surface area (Å²) in [6.45, 7) is 2.00. The number of hydrogen-bond acceptors (Lipinski definition) is 1. The Kier molecular flexibility index (Phi) is 4.98. The Bertz CT molecular complexity index is 187. The van der Waals surface area contributed by atoms with Crippen LogP contribution in [0, 0.1) is 0 Å². The van der Waals surface area contributed by atoms with Crippen molar-refractivity contribution in [2.24, 2.45) is 0 Å². The molecule has 1 aromatic carbocycles. The van der Waals surface area contributed by atoms with Crippen LogP contribution < -0.4 is 5.30 Å². The minimum absolute atomic E-state index is 1.00. The van der Waals surface area contributed by atoms with Crippen molar-refractivity contribution in [3.8, 4) is 0 Å². The molecule has 1 atom stereocenters. The average Bonchev–Trinajstić information content (AvgIpc) is 2.62. The van der Waals surface area contributed by atoms with Crippen molar-refractivity contribution in [2.75, 3.05) is 13.2 Å². The van der Waals surface area contributed by atoms with Crippen LogP contribution in [-0.2, 0) is 4.74 Å². The van der Waals surface area contributed by atoms with Crippen molar-refractivity contribution >= 4 is 14.5 Å². The fourth-order valence-corrected chi connectivity index (χ4v) is 1.19. The van der Waals surface area contributed by atoms with Crippen molar-refractivity contribution in [2.45, 2.75) is 12.8 Å². The van der Waals surface area contributed by atoms with Crippen LogP contribution in [0.1, 0.15) is 12.8 Å². The summed E-state index contributed by atoms with van der Waals surface area (Å²) in [6, 6.07) is 10.1. The van der Waals surface area contributed by atoms with Gasteiger partial charge in [-0.2, -0.15) is 0 Å². The van der Waals surface area contributed by atoms with E-state index in [-0.39, 0.29) is 0 Å². The molecule has 1 nitrogen and oxygen atoms in total. The molecule has 0 amide bonds. The minimum Gasteiger partial charge on any atom is -0.381 e. The van der Waals surface area contributed by atoms with E-state index in [0.29, 0.717) is 0 Å². The first-order chi connectivity index (χ1) is 5.89. The second-order valence-electron chi connectivity index (χ2n) is 2.73. The first kappa shape index (κ1) is 9.70. The first-order valence-electron chi connectivity index (χ1n) is 4.28. The largest absolute Gasteiger partial charge is 0.381 e. The Balaban J connectivity index is 0.000000127. The van der Waals surface area contributed by atoms with Crippen LogP contribution in [0.25, 0.3) is 0 Å². The highest BCUT2D eigenvalue weighted by Gasteiger charge is 1.94. The van der Waals surface area contributed by atoms with E-state index in [1.54, 1.807) is 0 Å². The van der Waals surface area contributed by atoms with Crippen LogP contribution in [0.2, 0.25) is 0 Å². The topological polar surface area (TPSA) is 9.23 Å². The predicted molar refractivity (Wildman–Crippen MR) is 55.8 cm³/mol. The molecule has 0 aromatic heterocycles. The molecule has 0 spiro atoms. The maximum Gasteiger partial charge on any atom is 0.0466 e. The van der Waals surface area contributed by atoms with E-state index in [0.717, 1.165) is 13.2 Å². The monoisotopic (exact) mass is 182 g/mol. The first-order valence-corrected chi connectivity index (χ1v) is 4.85. The number of rotatable bonds is 0. The maximum atomic E-state index is 4.94. The molecule has 0 radical (unpaired) electrons. The van der Waals surface area contributed by atoms with Gasteiger partial charge in [-0.05, 0) is 18.1 Å². The van der Waals surface area contributed by atoms with Crippen molar-refractivity contribution in [3.63, 3.8) is 0 Å². The molecule has 1 aliphatic rings. The lowest BCUT2D eigenvalue weighted by atomic mass is 10.4. The predicted octanol–water partition coefficient (Wildman–Crippen LogP) is 1.98. The highest BCUT2D eigenvalue weighted by atomic mass is 31.0. The van der Waals surface area contributed by atoms with Gasteiger partial charge in [-0.15, -0.1) is 9.24 Å². The molecule has 1 heterocycles. The third-order valence-electron chi connectivity index (χ3n) is 1.63. The number of ether oxygens (including phenoxy) is 1. The lowest BCUT2D eigenvalue weighted by Gasteiger charge is -1.82. The zero-order valence-electron chi connectivity index (χ0n) is 7.20. The van der Waals surface area contributed by atoms with Crippen molar-refractivity contribution < 1.29 is 4.74 Å². The van der Waals surface area contributed by atoms with Crippen molar-refractivity contribution in [1.82, 2.24) is 0 Å². The van der Waals surface area contributed by atoms with Gasteiger partial charge in [0.2, 0.25) is 0 Å². The normalized spacial score (nSPS) is 15.1. The maximum absolute atomic E-state index is 4.94. The Labute approximate surface area is 76.3 Å². The summed E-state index contributed by atoms with van der Waals surface area (Å²) >= 11 is 0. The Hall–Kier alpha value is -0.390. The molecule has 1 aliphatic heterocycles. The van der Waals surface area contributed by atoms with Crippen LogP contribution in [0.4, 0.5) is 0 Å². The SMILES string of the molecule is C1CCOC1.Pc1ccccc1. The molecule has 66 valence electrons. The van der Waals surface area contributed by atoms with E-state index in [1.165, 1.54) is 18.1 Å². The lowest BCUT2D eigenvalue weighted by molar-refractivity contribution is 0.198. The van der Waals surface area contributed by atoms with E-state index in [4.69, 9.17) is 4.74 Å². The van der Waals surface area contributed by atoms with Crippen LogP contribution in [0.15, 0.2) is 30.3 Å². The third kappa shape index (κ3) is 4.48. The quantitative estimate of drug-likeness (QED) is 0.557. The Morgan fingerprint density at radius 1 is 1.00 bits per heavy atom. The Morgan fingerprint density at radius 3 is 1.83 bits per heavy atom. The van der Waals surface area contributed by atoms with Gasteiger partial charge in [-0.3, -0.25) is 0 Å². The molecule has 12 heavy (non-hydrogen) atoms. The molecule has 2 heteroatoms. The van der Waals surface area contributed by atoms with Gasteiger partial charge in [0.05, 0.1) is 0 Å². The van der Waals surface area contributed by atoms with Crippen LogP contribution >= 0.6 is 9.24 Å². The van der Waals surface area contributed by atoms with E-state index >= 15 is 0 Å². The standard InChI is InChI=1S/C6H7P.C4H8O/c7-6-4-2-1-3-5-6;1-2-4-5-3-1/h1-5H,7H2;1-4H2. The smallest absolute Gasteiger partial charge is 0.0466 e. The molecule has 2 rings (SSSR count). The van der Waals surface area contributed by atoms with Gasteiger partial charge in [-0.25, -0.2) is 0 Å². The van der Waals surface area contributed by atoms with E-state index < -0.39 is 0 Å². The molecular formula is C10H15OP. The third-order valence-corrected chi connectivity index (χ3v) is 2.01. The van der Waals surface area contributed by atoms with E-state index in [2.05, 4.69) is 9.24 Å². The fourth-order valence-electron chi connectivity index (χ4n) is 0.963. The van der Waals surface area contributed by atoms with Gasteiger partial charge >= 0.3 is 0 Å². The molecule has 0 saturated carbocycles. The highest BCUT2D eigenvalue weighted by Crippen LogP contribution is 1.98. The van der Waals surface area contributed by atoms with Gasteiger partial charge in [0.25, 0.3) is 0 Å². The molecule has 0 N–H and O–H groups in total. The number of hydrogen-bond donors (Lipinski definition) is 0. The van der Waals surface area contributed by atoms with Crippen LogP contribution in [0.5, 0.6) is 0 Å². The molecule has 0 aliphatic carbocycles. The Morgan fingerprint density at radius 2 is 1.58 bits per heavy atom. The average molecular weight is 182 g/mol. The summed E-state index contributed by atoms with van der Waals surface area (Å²) in [4.78, 5) is 0. The van der Waals surface area contributed by atoms with E-state index in [9.17, 15) is 0 Å².